The smallest absolute Gasteiger partial charge is 0.232 e. The minimum absolute atomic E-state index is 0.176. The van der Waals surface area contributed by atoms with Crippen LogP contribution in [0.1, 0.15) is 12.1 Å². The molecular formula is C17H21N3O2S. The number of benzene rings is 1. The van der Waals surface area contributed by atoms with E-state index < -0.39 is 0 Å². The van der Waals surface area contributed by atoms with Crippen LogP contribution >= 0.6 is 11.8 Å². The number of amides is 1. The second-order valence-corrected chi connectivity index (χ2v) is 6.64. The number of carbonyl (C=O) groups excluding carboxylic acids is 1. The van der Waals surface area contributed by atoms with Gasteiger partial charge in [-0.3, -0.25) is 4.79 Å². The summed E-state index contributed by atoms with van der Waals surface area (Å²) in [6.45, 7) is 1.90. The Balaban J connectivity index is 1.47. The number of aromatic nitrogens is 1. The summed E-state index contributed by atoms with van der Waals surface area (Å²) in [7, 11) is 1.89. The van der Waals surface area contributed by atoms with Crippen molar-refractivity contribution >= 4 is 17.7 Å². The largest absolute Gasteiger partial charge is 0.444 e. The lowest BCUT2D eigenvalue weighted by Gasteiger charge is -2.23. The average molecular weight is 331 g/mol. The Morgan fingerprint density at radius 2 is 2.26 bits per heavy atom. The maximum Gasteiger partial charge on any atom is 0.232 e. The molecule has 1 N–H and O–H groups in total. The zero-order valence-corrected chi connectivity index (χ0v) is 14.0. The number of rotatable bonds is 6. The third kappa shape index (κ3) is 4.14. The fraction of sp³-hybridized carbons (Fsp3) is 0.412. The van der Waals surface area contributed by atoms with Crippen molar-refractivity contribution in [3.05, 3.63) is 42.3 Å². The summed E-state index contributed by atoms with van der Waals surface area (Å²) in [5.41, 5.74) is 1.83. The second kappa shape index (κ2) is 7.66. The van der Waals surface area contributed by atoms with Crippen molar-refractivity contribution in [1.29, 1.82) is 0 Å². The third-order valence-corrected chi connectivity index (χ3v) is 4.97. The summed E-state index contributed by atoms with van der Waals surface area (Å²) in [5.74, 6) is 1.96. The maximum absolute atomic E-state index is 12.2. The van der Waals surface area contributed by atoms with Gasteiger partial charge in [-0.2, -0.15) is 0 Å². The van der Waals surface area contributed by atoms with E-state index in [1.165, 1.54) is 0 Å². The molecule has 1 aromatic carbocycles. The fourth-order valence-corrected chi connectivity index (χ4v) is 3.43. The van der Waals surface area contributed by atoms with Gasteiger partial charge in [-0.1, -0.05) is 18.2 Å². The molecule has 2 aromatic rings. The van der Waals surface area contributed by atoms with Gasteiger partial charge in [0.1, 0.15) is 6.26 Å². The van der Waals surface area contributed by atoms with E-state index in [9.17, 15) is 4.79 Å². The van der Waals surface area contributed by atoms with Crippen molar-refractivity contribution in [1.82, 2.24) is 15.2 Å². The van der Waals surface area contributed by atoms with Crippen molar-refractivity contribution in [2.75, 3.05) is 25.9 Å². The van der Waals surface area contributed by atoms with Gasteiger partial charge in [0.05, 0.1) is 11.4 Å². The zero-order chi connectivity index (χ0) is 16.1. The van der Waals surface area contributed by atoms with Gasteiger partial charge in [-0.05, 0) is 25.1 Å². The second-order valence-electron chi connectivity index (χ2n) is 5.65. The molecule has 0 aliphatic carbocycles. The van der Waals surface area contributed by atoms with Crippen LogP contribution in [0.2, 0.25) is 0 Å². The topological polar surface area (TPSA) is 58.4 Å². The molecule has 1 amide bonds. The third-order valence-electron chi connectivity index (χ3n) is 4.02. The molecule has 23 heavy (non-hydrogen) atoms. The van der Waals surface area contributed by atoms with Crippen LogP contribution in [0.3, 0.4) is 0 Å². The molecule has 1 aliphatic heterocycles. The monoisotopic (exact) mass is 331 g/mol. The lowest BCUT2D eigenvalue weighted by atomic mass is 10.2. The molecule has 2 heterocycles. The average Bonchev–Trinajstić information content (AvgIpc) is 3.27. The van der Waals surface area contributed by atoms with Crippen LogP contribution in [0.15, 0.2) is 41.0 Å². The molecule has 0 radical (unpaired) electrons. The SMILES string of the molecule is CN(C(=O)CSCc1coc(-c2ccccc2)n1)C1CCNC1. The highest BCUT2D eigenvalue weighted by atomic mass is 32.2. The Kier molecular flexibility index (Phi) is 5.35. The van der Waals surface area contributed by atoms with Crippen molar-refractivity contribution in [2.24, 2.45) is 0 Å². The Morgan fingerprint density at radius 1 is 1.43 bits per heavy atom. The van der Waals surface area contributed by atoms with Gasteiger partial charge in [0.25, 0.3) is 0 Å². The standard InChI is InChI=1S/C17H21N3O2S/c1-20(15-7-8-18-9-15)16(21)12-23-11-14-10-22-17(19-14)13-5-3-2-4-6-13/h2-6,10,15,18H,7-9,11-12H2,1H3. The van der Waals surface area contributed by atoms with Crippen LogP contribution in [0.4, 0.5) is 0 Å². The minimum Gasteiger partial charge on any atom is -0.444 e. The van der Waals surface area contributed by atoms with Crippen molar-refractivity contribution in [2.45, 2.75) is 18.2 Å². The van der Waals surface area contributed by atoms with Crippen molar-refractivity contribution in [3.63, 3.8) is 0 Å². The van der Waals surface area contributed by atoms with Gasteiger partial charge >= 0.3 is 0 Å². The first kappa shape index (κ1) is 16.1. The first-order chi connectivity index (χ1) is 11.2. The molecule has 6 heteroatoms. The normalized spacial score (nSPS) is 17.3. The zero-order valence-electron chi connectivity index (χ0n) is 13.2. The molecule has 1 fully saturated rings. The van der Waals surface area contributed by atoms with E-state index in [1.54, 1.807) is 18.0 Å². The summed E-state index contributed by atoms with van der Waals surface area (Å²) >= 11 is 1.58. The quantitative estimate of drug-likeness (QED) is 0.881. The number of thioether (sulfide) groups is 1. The van der Waals surface area contributed by atoms with Crippen LogP contribution in [0.25, 0.3) is 11.5 Å². The molecule has 122 valence electrons. The Hall–Kier alpha value is -1.79. The summed E-state index contributed by atoms with van der Waals surface area (Å²) in [4.78, 5) is 18.5. The van der Waals surface area contributed by atoms with E-state index in [0.29, 0.717) is 23.4 Å². The Labute approximate surface area is 140 Å². The molecule has 1 atom stereocenters. The van der Waals surface area contributed by atoms with E-state index in [-0.39, 0.29) is 5.91 Å². The van der Waals surface area contributed by atoms with Gasteiger partial charge in [-0.15, -0.1) is 11.8 Å². The van der Waals surface area contributed by atoms with Gasteiger partial charge < -0.3 is 14.6 Å². The predicted octanol–water partition coefficient (Wildman–Crippen LogP) is 2.40. The van der Waals surface area contributed by atoms with Crippen molar-refractivity contribution in [3.8, 4) is 11.5 Å². The molecule has 1 saturated heterocycles. The number of nitrogens with one attached hydrogen (secondary N) is 1. The van der Waals surface area contributed by atoms with Crippen LogP contribution in [0.5, 0.6) is 0 Å². The number of likely N-dealkylation sites (N-methyl/N-ethyl adjacent to an activating group) is 1. The minimum atomic E-state index is 0.176. The van der Waals surface area contributed by atoms with E-state index in [1.807, 2.05) is 42.3 Å². The van der Waals surface area contributed by atoms with Gasteiger partial charge in [0.2, 0.25) is 11.8 Å². The van der Waals surface area contributed by atoms with Gasteiger partial charge in [0, 0.05) is 31.0 Å². The summed E-state index contributed by atoms with van der Waals surface area (Å²) in [6.07, 6.45) is 2.71. The highest BCUT2D eigenvalue weighted by Crippen LogP contribution is 2.20. The Morgan fingerprint density at radius 3 is 3.00 bits per heavy atom. The number of oxazole rings is 1. The van der Waals surface area contributed by atoms with Gasteiger partial charge in [-0.25, -0.2) is 4.98 Å². The van der Waals surface area contributed by atoms with Crippen LogP contribution in [-0.2, 0) is 10.5 Å². The molecular weight excluding hydrogens is 310 g/mol. The summed E-state index contributed by atoms with van der Waals surface area (Å²) in [5, 5.41) is 3.29. The molecule has 1 unspecified atom stereocenters. The number of nitrogens with zero attached hydrogens (tertiary/aromatic N) is 2. The lowest BCUT2D eigenvalue weighted by Crippen LogP contribution is -2.39. The van der Waals surface area contributed by atoms with Crippen LogP contribution < -0.4 is 5.32 Å². The van der Waals surface area contributed by atoms with Crippen LogP contribution in [-0.4, -0.2) is 47.7 Å². The lowest BCUT2D eigenvalue weighted by molar-refractivity contribution is -0.128. The molecule has 1 aromatic heterocycles. The molecule has 3 rings (SSSR count). The Bertz CT molecular complexity index is 638. The molecule has 0 spiro atoms. The first-order valence-electron chi connectivity index (χ1n) is 7.78. The molecule has 5 nitrogen and oxygen atoms in total. The van der Waals surface area contributed by atoms with E-state index in [2.05, 4.69) is 10.3 Å². The van der Waals surface area contributed by atoms with E-state index in [0.717, 1.165) is 30.8 Å². The summed E-state index contributed by atoms with van der Waals surface area (Å²) < 4.78 is 5.51. The number of hydrogen-bond acceptors (Lipinski definition) is 5. The van der Waals surface area contributed by atoms with Crippen molar-refractivity contribution < 1.29 is 9.21 Å². The fourth-order valence-electron chi connectivity index (χ4n) is 2.60. The molecule has 0 bridgehead atoms. The maximum atomic E-state index is 12.2. The number of carbonyl (C=O) groups is 1. The van der Waals surface area contributed by atoms with Crippen LogP contribution in [0, 0.1) is 0 Å². The summed E-state index contributed by atoms with van der Waals surface area (Å²) in [6, 6.07) is 10.2. The van der Waals surface area contributed by atoms with E-state index in [4.69, 9.17) is 4.42 Å². The molecule has 1 aliphatic rings. The first-order valence-corrected chi connectivity index (χ1v) is 8.93. The highest BCUT2D eigenvalue weighted by molar-refractivity contribution is 7.99. The van der Waals surface area contributed by atoms with E-state index >= 15 is 0 Å². The predicted molar refractivity (Wildman–Crippen MR) is 92.1 cm³/mol. The highest BCUT2D eigenvalue weighted by Gasteiger charge is 2.22. The van der Waals surface area contributed by atoms with Gasteiger partial charge in [0.15, 0.2) is 0 Å². The molecule has 0 saturated carbocycles. The number of hydrogen-bond donors (Lipinski definition) is 1.